The molecule has 2 saturated carbocycles. The van der Waals surface area contributed by atoms with Gasteiger partial charge in [0.05, 0.1) is 11.2 Å². The van der Waals surface area contributed by atoms with E-state index in [0.717, 1.165) is 31.3 Å². The van der Waals surface area contributed by atoms with Gasteiger partial charge in [-0.3, -0.25) is 0 Å². The van der Waals surface area contributed by atoms with Crippen molar-refractivity contribution in [2.75, 3.05) is 0 Å². The van der Waals surface area contributed by atoms with E-state index in [-0.39, 0.29) is 5.92 Å². The maximum atomic E-state index is 11.1. The molecule has 0 aromatic carbocycles. The van der Waals surface area contributed by atoms with Crippen LogP contribution in [0.15, 0.2) is 12.2 Å². The summed E-state index contributed by atoms with van der Waals surface area (Å²) in [6.45, 7) is 10.3. The highest BCUT2D eigenvalue weighted by Gasteiger charge is 2.56. The second-order valence-electron chi connectivity index (χ2n) is 6.76. The monoisotopic (exact) mass is 238 g/mol. The Morgan fingerprint density at radius 1 is 1.29 bits per heavy atom. The van der Waals surface area contributed by atoms with Crippen LogP contribution in [-0.4, -0.2) is 21.4 Å². The molecule has 2 rings (SSSR count). The highest BCUT2D eigenvalue weighted by Crippen LogP contribution is 2.54. The zero-order valence-corrected chi connectivity index (χ0v) is 11.4. The van der Waals surface area contributed by atoms with E-state index in [1.165, 1.54) is 0 Å². The molecule has 0 amide bonds. The Kier molecular flexibility index (Phi) is 3.16. The van der Waals surface area contributed by atoms with E-state index >= 15 is 0 Å². The van der Waals surface area contributed by atoms with Crippen molar-refractivity contribution >= 4 is 0 Å². The van der Waals surface area contributed by atoms with Crippen molar-refractivity contribution in [2.45, 2.75) is 64.1 Å². The van der Waals surface area contributed by atoms with Gasteiger partial charge >= 0.3 is 0 Å². The Balaban J connectivity index is 2.35. The lowest BCUT2D eigenvalue weighted by molar-refractivity contribution is -0.197. The molecule has 2 nitrogen and oxygen atoms in total. The summed E-state index contributed by atoms with van der Waals surface area (Å²) in [5, 5.41) is 21.6. The van der Waals surface area contributed by atoms with Crippen LogP contribution in [0.25, 0.3) is 0 Å². The van der Waals surface area contributed by atoms with Crippen molar-refractivity contribution in [3.8, 4) is 0 Å². The van der Waals surface area contributed by atoms with Gasteiger partial charge in [0, 0.05) is 5.92 Å². The van der Waals surface area contributed by atoms with Gasteiger partial charge in [0.15, 0.2) is 0 Å². The molecule has 0 radical (unpaired) electrons. The summed E-state index contributed by atoms with van der Waals surface area (Å²) in [5.74, 6) is 0.774. The summed E-state index contributed by atoms with van der Waals surface area (Å²) >= 11 is 0. The van der Waals surface area contributed by atoms with Crippen LogP contribution in [-0.2, 0) is 0 Å². The molecule has 0 aromatic rings. The molecule has 0 aliphatic heterocycles. The minimum atomic E-state index is -0.731. The summed E-state index contributed by atoms with van der Waals surface area (Å²) < 4.78 is 0. The van der Waals surface area contributed by atoms with Crippen LogP contribution in [0.4, 0.5) is 0 Å². The average molecular weight is 238 g/mol. The number of rotatable bonds is 1. The third-order valence-corrected chi connectivity index (χ3v) is 5.08. The van der Waals surface area contributed by atoms with Gasteiger partial charge in [-0.2, -0.15) is 0 Å². The number of aliphatic hydroxyl groups is 2. The smallest absolute Gasteiger partial charge is 0.0770 e. The number of hydrogen-bond acceptors (Lipinski definition) is 2. The lowest BCUT2D eigenvalue weighted by atomic mass is 9.54. The fourth-order valence-corrected chi connectivity index (χ4v) is 4.23. The van der Waals surface area contributed by atoms with Gasteiger partial charge in [0.2, 0.25) is 0 Å². The van der Waals surface area contributed by atoms with Crippen molar-refractivity contribution in [1.82, 2.24) is 0 Å². The molecule has 4 atom stereocenters. The summed E-state index contributed by atoms with van der Waals surface area (Å²) in [6, 6.07) is 0. The van der Waals surface area contributed by atoms with E-state index < -0.39 is 11.2 Å². The largest absolute Gasteiger partial charge is 0.390 e. The molecule has 0 unspecified atom stereocenters. The predicted octanol–water partition coefficient (Wildman–Crippen LogP) is 2.89. The minimum Gasteiger partial charge on any atom is -0.390 e. The quantitative estimate of drug-likeness (QED) is 0.690. The van der Waals surface area contributed by atoms with E-state index in [4.69, 9.17) is 0 Å². The summed E-state index contributed by atoms with van der Waals surface area (Å²) in [7, 11) is 0. The maximum Gasteiger partial charge on any atom is 0.0770 e. The predicted molar refractivity (Wildman–Crippen MR) is 69.6 cm³/mol. The lowest BCUT2D eigenvalue weighted by Crippen LogP contribution is -2.61. The molecule has 0 bridgehead atoms. The van der Waals surface area contributed by atoms with Crippen molar-refractivity contribution < 1.29 is 10.2 Å². The van der Waals surface area contributed by atoms with Gasteiger partial charge in [0.25, 0.3) is 0 Å². The number of hydrogen-bond donors (Lipinski definition) is 2. The zero-order valence-electron chi connectivity index (χ0n) is 11.4. The Morgan fingerprint density at radius 2 is 1.94 bits per heavy atom. The molecular formula is C15H26O2. The first kappa shape index (κ1) is 13.1. The van der Waals surface area contributed by atoms with Gasteiger partial charge in [0.1, 0.15) is 0 Å². The van der Waals surface area contributed by atoms with Crippen molar-refractivity contribution in [3.63, 3.8) is 0 Å². The SMILES string of the molecule is C=C1CC[C@@H]2[C@@](O)(C1)[C@H](C(C)C)CC[C@]2(C)O. The number of fused-ring (bicyclic) bond motifs is 1. The Labute approximate surface area is 105 Å². The van der Waals surface area contributed by atoms with Crippen LogP contribution in [0.3, 0.4) is 0 Å². The Bertz CT molecular complexity index is 319. The molecule has 2 heteroatoms. The van der Waals surface area contributed by atoms with E-state index in [9.17, 15) is 10.2 Å². The normalized spacial score (nSPS) is 47.1. The molecule has 0 saturated heterocycles. The standard InChI is InChI=1S/C15H26O2/c1-10(2)12-7-8-14(4,16)13-6-5-11(3)9-15(12,13)17/h10,12-13,16-17H,3,5-9H2,1-2,4H3/t12-,13-,14-,15+/m0/s1. The second kappa shape index (κ2) is 4.10. The molecule has 0 heterocycles. The summed E-state index contributed by atoms with van der Waals surface area (Å²) in [4.78, 5) is 0. The van der Waals surface area contributed by atoms with Gasteiger partial charge in [-0.15, -0.1) is 0 Å². The average Bonchev–Trinajstić information content (AvgIpc) is 2.14. The minimum absolute atomic E-state index is 0.0154. The van der Waals surface area contributed by atoms with Crippen LogP contribution in [0.5, 0.6) is 0 Å². The van der Waals surface area contributed by atoms with E-state index in [0.29, 0.717) is 18.3 Å². The highest BCUT2D eigenvalue weighted by atomic mass is 16.3. The van der Waals surface area contributed by atoms with Gasteiger partial charge < -0.3 is 10.2 Å². The van der Waals surface area contributed by atoms with Crippen LogP contribution in [0, 0.1) is 17.8 Å². The first-order valence-electron chi connectivity index (χ1n) is 6.89. The summed E-state index contributed by atoms with van der Waals surface area (Å²) in [5.41, 5.74) is -0.293. The fourth-order valence-electron chi connectivity index (χ4n) is 4.23. The lowest BCUT2D eigenvalue weighted by Gasteiger charge is -2.56. The topological polar surface area (TPSA) is 40.5 Å². The maximum absolute atomic E-state index is 11.1. The highest BCUT2D eigenvalue weighted by molar-refractivity contribution is 5.16. The molecule has 0 spiro atoms. The van der Waals surface area contributed by atoms with Crippen molar-refractivity contribution in [2.24, 2.45) is 17.8 Å². The molecule has 2 aliphatic carbocycles. The van der Waals surface area contributed by atoms with Crippen LogP contribution in [0.1, 0.15) is 52.9 Å². The van der Waals surface area contributed by atoms with Crippen LogP contribution >= 0.6 is 0 Å². The van der Waals surface area contributed by atoms with E-state index in [2.05, 4.69) is 20.4 Å². The van der Waals surface area contributed by atoms with Crippen molar-refractivity contribution in [1.29, 1.82) is 0 Å². The Hall–Kier alpha value is -0.340. The molecule has 17 heavy (non-hydrogen) atoms. The first-order valence-corrected chi connectivity index (χ1v) is 6.89. The van der Waals surface area contributed by atoms with E-state index in [1.54, 1.807) is 0 Å². The van der Waals surface area contributed by atoms with Gasteiger partial charge in [-0.05, 0) is 50.9 Å². The Morgan fingerprint density at radius 3 is 2.53 bits per heavy atom. The van der Waals surface area contributed by atoms with Crippen molar-refractivity contribution in [3.05, 3.63) is 12.2 Å². The van der Waals surface area contributed by atoms with Gasteiger partial charge in [-0.25, -0.2) is 0 Å². The first-order chi connectivity index (χ1) is 7.77. The molecule has 2 aliphatic rings. The zero-order chi connectivity index (χ0) is 12.8. The third-order valence-electron chi connectivity index (χ3n) is 5.08. The third kappa shape index (κ3) is 2.06. The summed E-state index contributed by atoms with van der Waals surface area (Å²) in [6.07, 6.45) is 4.25. The van der Waals surface area contributed by atoms with E-state index in [1.807, 2.05) is 6.92 Å². The molecule has 98 valence electrons. The second-order valence-corrected chi connectivity index (χ2v) is 6.76. The molecule has 2 N–H and O–H groups in total. The molecular weight excluding hydrogens is 212 g/mol. The fraction of sp³-hybridized carbons (Fsp3) is 0.867. The van der Waals surface area contributed by atoms with Crippen LogP contribution in [0.2, 0.25) is 0 Å². The van der Waals surface area contributed by atoms with Crippen LogP contribution < -0.4 is 0 Å². The molecule has 2 fully saturated rings. The molecule has 0 aromatic heterocycles. The van der Waals surface area contributed by atoms with Gasteiger partial charge in [-0.1, -0.05) is 26.0 Å².